The number of anilines is 2. The lowest BCUT2D eigenvalue weighted by molar-refractivity contribution is -0.115. The standard InChI is InChI=1S/C17H12ClNO2/c1-13(21)19(16-10-8-15(18)9-11-16)17-7-3-2-5-14(17)6-4-12-20/h2-3,5,7-12H,1H3. The third-order valence-electron chi connectivity index (χ3n) is 2.81. The largest absolute Gasteiger partial charge is 0.289 e. The molecule has 3 nitrogen and oxygen atoms in total. The van der Waals surface area contributed by atoms with Crippen LogP contribution in [0.2, 0.25) is 5.02 Å². The molecule has 0 bridgehead atoms. The molecular weight excluding hydrogens is 286 g/mol. The van der Waals surface area contributed by atoms with Gasteiger partial charge in [-0.3, -0.25) is 14.5 Å². The molecule has 0 atom stereocenters. The first-order valence-electron chi connectivity index (χ1n) is 6.24. The van der Waals surface area contributed by atoms with Gasteiger partial charge in [-0.25, -0.2) is 0 Å². The number of amides is 1. The summed E-state index contributed by atoms with van der Waals surface area (Å²) in [4.78, 5) is 24.0. The van der Waals surface area contributed by atoms with Crippen molar-refractivity contribution in [3.05, 3.63) is 59.1 Å². The van der Waals surface area contributed by atoms with Crippen LogP contribution in [0, 0.1) is 11.8 Å². The van der Waals surface area contributed by atoms with Crippen molar-refractivity contribution in [3.63, 3.8) is 0 Å². The average Bonchev–Trinajstić information content (AvgIpc) is 2.48. The Labute approximate surface area is 128 Å². The summed E-state index contributed by atoms with van der Waals surface area (Å²) in [5.41, 5.74) is 1.92. The molecule has 104 valence electrons. The van der Waals surface area contributed by atoms with Gasteiger partial charge in [-0.05, 0) is 42.3 Å². The topological polar surface area (TPSA) is 37.4 Å². The summed E-state index contributed by atoms with van der Waals surface area (Å²) in [6.07, 6.45) is 0.525. The Morgan fingerprint density at radius 3 is 2.43 bits per heavy atom. The maximum absolute atomic E-state index is 12.0. The van der Waals surface area contributed by atoms with Gasteiger partial charge in [0.1, 0.15) is 0 Å². The summed E-state index contributed by atoms with van der Waals surface area (Å²) in [7, 11) is 0. The van der Waals surface area contributed by atoms with Crippen molar-refractivity contribution in [1.29, 1.82) is 0 Å². The van der Waals surface area contributed by atoms with Gasteiger partial charge in [-0.15, -0.1) is 0 Å². The molecule has 0 unspecified atom stereocenters. The maximum Gasteiger partial charge on any atom is 0.228 e. The Hall–Kier alpha value is -2.57. The number of hydrogen-bond acceptors (Lipinski definition) is 2. The normalized spacial score (nSPS) is 9.43. The number of para-hydroxylation sites is 1. The second-order valence-corrected chi connectivity index (χ2v) is 4.67. The minimum Gasteiger partial charge on any atom is -0.289 e. The van der Waals surface area contributed by atoms with Crippen LogP contribution in [0.1, 0.15) is 12.5 Å². The van der Waals surface area contributed by atoms with E-state index in [0.29, 0.717) is 28.2 Å². The maximum atomic E-state index is 12.0. The van der Waals surface area contributed by atoms with E-state index in [1.54, 1.807) is 42.5 Å². The number of nitrogens with zero attached hydrogens (tertiary/aromatic N) is 1. The van der Waals surface area contributed by atoms with Crippen LogP contribution in [-0.4, -0.2) is 12.2 Å². The zero-order valence-electron chi connectivity index (χ0n) is 11.3. The van der Waals surface area contributed by atoms with E-state index >= 15 is 0 Å². The van der Waals surface area contributed by atoms with Crippen LogP contribution in [0.15, 0.2) is 48.5 Å². The summed E-state index contributed by atoms with van der Waals surface area (Å²) >= 11 is 5.88. The van der Waals surface area contributed by atoms with E-state index in [-0.39, 0.29) is 5.91 Å². The summed E-state index contributed by atoms with van der Waals surface area (Å²) in [6, 6.07) is 14.1. The fraction of sp³-hybridized carbons (Fsp3) is 0.0588. The van der Waals surface area contributed by atoms with Crippen molar-refractivity contribution >= 4 is 35.2 Å². The van der Waals surface area contributed by atoms with Gasteiger partial charge in [0.15, 0.2) is 6.29 Å². The highest BCUT2D eigenvalue weighted by Crippen LogP contribution is 2.29. The molecular formula is C17H12ClNO2. The molecule has 0 aromatic heterocycles. The number of aldehydes is 1. The molecule has 0 saturated carbocycles. The number of hydrogen-bond donors (Lipinski definition) is 0. The third-order valence-corrected chi connectivity index (χ3v) is 3.06. The van der Waals surface area contributed by atoms with Crippen LogP contribution in [-0.2, 0) is 9.59 Å². The minimum absolute atomic E-state index is 0.155. The third kappa shape index (κ3) is 3.50. The van der Waals surface area contributed by atoms with Crippen molar-refractivity contribution in [2.24, 2.45) is 0 Å². The highest BCUT2D eigenvalue weighted by molar-refractivity contribution is 6.30. The van der Waals surface area contributed by atoms with Gasteiger partial charge < -0.3 is 0 Å². The first-order chi connectivity index (χ1) is 10.1. The first kappa shape index (κ1) is 14.8. The average molecular weight is 298 g/mol. The molecule has 0 fully saturated rings. The summed E-state index contributed by atoms with van der Waals surface area (Å²) in [6.45, 7) is 1.47. The Balaban J connectivity index is 2.56. The number of rotatable bonds is 2. The molecule has 2 rings (SSSR count). The molecule has 0 aliphatic carbocycles. The molecule has 21 heavy (non-hydrogen) atoms. The number of carbonyl (C=O) groups is 2. The predicted octanol–water partition coefficient (Wildman–Crippen LogP) is 3.58. The Bertz CT molecular complexity index is 726. The summed E-state index contributed by atoms with van der Waals surface area (Å²) in [5.74, 6) is 4.96. The molecule has 0 aliphatic rings. The number of carbonyl (C=O) groups excluding carboxylic acids is 2. The zero-order chi connectivity index (χ0) is 15.2. The summed E-state index contributed by atoms with van der Waals surface area (Å²) < 4.78 is 0. The van der Waals surface area contributed by atoms with Crippen LogP contribution in [0.5, 0.6) is 0 Å². The van der Waals surface area contributed by atoms with Gasteiger partial charge in [-0.1, -0.05) is 29.7 Å². The van der Waals surface area contributed by atoms with Crippen LogP contribution in [0.3, 0.4) is 0 Å². The van der Waals surface area contributed by atoms with Gasteiger partial charge in [0.2, 0.25) is 5.91 Å². The second-order valence-electron chi connectivity index (χ2n) is 4.24. The lowest BCUT2D eigenvalue weighted by Crippen LogP contribution is -2.23. The SMILES string of the molecule is CC(=O)N(c1ccc(Cl)cc1)c1ccccc1C#CC=O. The molecule has 0 saturated heterocycles. The van der Waals surface area contributed by atoms with Gasteiger partial charge in [-0.2, -0.15) is 0 Å². The van der Waals surface area contributed by atoms with Crippen LogP contribution in [0.25, 0.3) is 0 Å². The predicted molar refractivity (Wildman–Crippen MR) is 83.7 cm³/mol. The Morgan fingerprint density at radius 1 is 1.14 bits per heavy atom. The number of halogens is 1. The molecule has 0 heterocycles. The van der Waals surface area contributed by atoms with E-state index in [9.17, 15) is 9.59 Å². The minimum atomic E-state index is -0.155. The second kappa shape index (κ2) is 6.74. The van der Waals surface area contributed by atoms with Gasteiger partial charge in [0.25, 0.3) is 0 Å². The Morgan fingerprint density at radius 2 is 1.81 bits per heavy atom. The van der Waals surface area contributed by atoms with Crippen molar-refractivity contribution in [2.75, 3.05) is 4.90 Å². The quantitative estimate of drug-likeness (QED) is 0.628. The zero-order valence-corrected chi connectivity index (χ0v) is 12.1. The molecule has 1 amide bonds. The lowest BCUT2D eigenvalue weighted by Gasteiger charge is -2.22. The van der Waals surface area contributed by atoms with E-state index < -0.39 is 0 Å². The van der Waals surface area contributed by atoms with E-state index in [2.05, 4.69) is 11.8 Å². The highest BCUT2D eigenvalue weighted by Gasteiger charge is 2.16. The van der Waals surface area contributed by atoms with Crippen molar-refractivity contribution in [3.8, 4) is 11.8 Å². The molecule has 4 heteroatoms. The highest BCUT2D eigenvalue weighted by atomic mass is 35.5. The van der Waals surface area contributed by atoms with Crippen molar-refractivity contribution in [2.45, 2.75) is 6.92 Å². The molecule has 0 N–H and O–H groups in total. The lowest BCUT2D eigenvalue weighted by atomic mass is 10.1. The molecule has 2 aromatic carbocycles. The fourth-order valence-corrected chi connectivity index (χ4v) is 2.09. The van der Waals surface area contributed by atoms with Crippen LogP contribution < -0.4 is 4.90 Å². The number of benzene rings is 2. The van der Waals surface area contributed by atoms with E-state index in [0.717, 1.165) is 0 Å². The Kier molecular flexibility index (Phi) is 4.76. The monoisotopic (exact) mass is 297 g/mol. The molecule has 0 radical (unpaired) electrons. The van der Waals surface area contributed by atoms with E-state index in [4.69, 9.17) is 11.6 Å². The van der Waals surface area contributed by atoms with E-state index in [1.165, 1.54) is 11.8 Å². The molecule has 0 aliphatic heterocycles. The van der Waals surface area contributed by atoms with Crippen LogP contribution in [0.4, 0.5) is 11.4 Å². The molecule has 0 spiro atoms. The van der Waals surface area contributed by atoms with Crippen molar-refractivity contribution in [1.82, 2.24) is 0 Å². The summed E-state index contributed by atoms with van der Waals surface area (Å²) in [5, 5.41) is 0.594. The van der Waals surface area contributed by atoms with E-state index in [1.807, 2.05) is 6.07 Å². The molecule has 2 aromatic rings. The van der Waals surface area contributed by atoms with Gasteiger partial charge >= 0.3 is 0 Å². The van der Waals surface area contributed by atoms with Gasteiger partial charge in [0, 0.05) is 23.2 Å². The first-order valence-corrected chi connectivity index (χ1v) is 6.61. The van der Waals surface area contributed by atoms with Crippen molar-refractivity contribution < 1.29 is 9.59 Å². The van der Waals surface area contributed by atoms with Gasteiger partial charge in [0.05, 0.1) is 5.69 Å². The van der Waals surface area contributed by atoms with Crippen LogP contribution >= 0.6 is 11.6 Å². The fourth-order valence-electron chi connectivity index (χ4n) is 1.96. The smallest absolute Gasteiger partial charge is 0.228 e.